The number of nitrogens with two attached hydrogens (primary N) is 1. The minimum Gasteiger partial charge on any atom is -0.495 e. The first kappa shape index (κ1) is 35.7. The number of primary amides is 1. The van der Waals surface area contributed by atoms with E-state index in [2.05, 4.69) is 54.8 Å². The van der Waals surface area contributed by atoms with Crippen LogP contribution in [0.2, 0.25) is 10.3 Å². The molecule has 4 aromatic heterocycles. The molecule has 4 aromatic rings. The molecule has 4 heterocycles. The van der Waals surface area contributed by atoms with Crippen molar-refractivity contribution in [2.75, 3.05) is 31.5 Å². The molecule has 0 aliphatic rings. The fourth-order valence-corrected chi connectivity index (χ4v) is 4.35. The molecule has 0 saturated heterocycles. The van der Waals surface area contributed by atoms with Gasteiger partial charge in [-0.1, -0.05) is 49.9 Å². The van der Waals surface area contributed by atoms with Crippen molar-refractivity contribution in [3.05, 3.63) is 69.5 Å². The van der Waals surface area contributed by atoms with Crippen LogP contribution in [0, 0.1) is 0 Å². The van der Waals surface area contributed by atoms with Gasteiger partial charge in [-0.25, -0.2) is 14.8 Å². The van der Waals surface area contributed by atoms with Gasteiger partial charge in [0.2, 0.25) is 0 Å². The highest BCUT2D eigenvalue weighted by atomic mass is 35.5. The lowest BCUT2D eigenvalue weighted by atomic mass is 10.2. The first-order valence-electron chi connectivity index (χ1n) is 14.3. The second-order valence-electron chi connectivity index (χ2n) is 9.38. The van der Waals surface area contributed by atoms with E-state index in [1.807, 2.05) is 6.07 Å². The topological polar surface area (TPSA) is 189 Å². The van der Waals surface area contributed by atoms with Crippen molar-refractivity contribution in [1.82, 2.24) is 30.4 Å². The number of hydrogen-bond acceptors (Lipinski definition) is 13. The second kappa shape index (κ2) is 17.6. The Morgan fingerprint density at radius 2 is 1.20 bits per heavy atom. The van der Waals surface area contributed by atoms with Gasteiger partial charge in [-0.15, -0.1) is 20.4 Å². The fraction of sp³-hybridized carbons (Fsp3) is 0.333. The Kier molecular flexibility index (Phi) is 13.7. The van der Waals surface area contributed by atoms with Gasteiger partial charge in [0.05, 0.1) is 43.6 Å². The van der Waals surface area contributed by atoms with Gasteiger partial charge in [0.1, 0.15) is 23.1 Å². The maximum atomic E-state index is 12.0. The van der Waals surface area contributed by atoms with Gasteiger partial charge in [-0.3, -0.25) is 4.79 Å². The molecule has 0 spiro atoms. The normalized spacial score (nSPS) is 10.3. The summed E-state index contributed by atoms with van der Waals surface area (Å²) in [7, 11) is 3.20. The highest BCUT2D eigenvalue weighted by Crippen LogP contribution is 2.26. The van der Waals surface area contributed by atoms with E-state index in [4.69, 9.17) is 43.1 Å². The summed E-state index contributed by atoms with van der Waals surface area (Å²) in [6, 6.07) is 10.1. The number of carbonyl (C=O) groups is 2. The lowest BCUT2D eigenvalue weighted by Gasteiger charge is -2.12. The van der Waals surface area contributed by atoms with Crippen LogP contribution in [0.4, 0.5) is 23.0 Å². The van der Waals surface area contributed by atoms with Crippen molar-refractivity contribution < 1.29 is 23.8 Å². The summed E-state index contributed by atoms with van der Waals surface area (Å²) in [6.07, 6.45) is 3.42. The Balaban J connectivity index is 0.000000251. The summed E-state index contributed by atoms with van der Waals surface area (Å²) in [5.41, 5.74) is 7.72. The Morgan fingerprint density at radius 1 is 0.739 bits per heavy atom. The number of methoxy groups -OCH3 is 2. The summed E-state index contributed by atoms with van der Waals surface area (Å²) in [5.74, 6) is 1.25. The summed E-state index contributed by atoms with van der Waals surface area (Å²) < 4.78 is 15.6. The van der Waals surface area contributed by atoms with Crippen LogP contribution in [0.5, 0.6) is 11.5 Å². The van der Waals surface area contributed by atoms with Gasteiger partial charge in [-0.05, 0) is 44.0 Å². The Hall–Kier alpha value is -4.82. The van der Waals surface area contributed by atoms with E-state index >= 15 is 0 Å². The maximum Gasteiger partial charge on any atom is 0.361 e. The van der Waals surface area contributed by atoms with E-state index in [1.54, 1.807) is 39.3 Å². The molecule has 0 atom stereocenters. The van der Waals surface area contributed by atoms with Crippen LogP contribution in [-0.4, -0.2) is 63.1 Å². The molecule has 0 saturated carbocycles. The molecular formula is C30H35Cl2N9O5. The van der Waals surface area contributed by atoms with Crippen LogP contribution >= 0.6 is 23.2 Å². The number of halogens is 2. The Labute approximate surface area is 276 Å². The van der Waals surface area contributed by atoms with Gasteiger partial charge >= 0.3 is 5.97 Å². The predicted octanol–water partition coefficient (Wildman–Crippen LogP) is 5.74. The zero-order valence-electron chi connectivity index (χ0n) is 26.1. The monoisotopic (exact) mass is 671 g/mol. The maximum absolute atomic E-state index is 12.0. The van der Waals surface area contributed by atoms with Crippen molar-refractivity contribution in [1.29, 1.82) is 0 Å². The highest BCUT2D eigenvalue weighted by molar-refractivity contribution is 6.30. The largest absolute Gasteiger partial charge is 0.495 e. The third kappa shape index (κ3) is 9.84. The van der Waals surface area contributed by atoms with Crippen LogP contribution in [0.15, 0.2) is 36.4 Å². The average molecular weight is 673 g/mol. The number of aryl methyl sites for hydroxylation is 2. The molecule has 4 rings (SSSR count). The van der Waals surface area contributed by atoms with Crippen molar-refractivity contribution in [3.63, 3.8) is 0 Å². The number of hydrogen-bond donors (Lipinski definition) is 3. The molecule has 0 unspecified atom stereocenters. The number of ether oxygens (including phenoxy) is 3. The molecule has 46 heavy (non-hydrogen) atoms. The van der Waals surface area contributed by atoms with E-state index < -0.39 is 11.9 Å². The Morgan fingerprint density at radius 3 is 1.61 bits per heavy atom. The zero-order valence-corrected chi connectivity index (χ0v) is 27.6. The van der Waals surface area contributed by atoms with Crippen molar-refractivity contribution in [2.45, 2.75) is 46.5 Å². The van der Waals surface area contributed by atoms with Crippen molar-refractivity contribution in [3.8, 4) is 11.5 Å². The number of pyridine rings is 2. The highest BCUT2D eigenvalue weighted by Gasteiger charge is 2.18. The molecule has 0 fully saturated rings. The minimum atomic E-state index is -0.700. The molecule has 0 aliphatic carbocycles. The van der Waals surface area contributed by atoms with E-state index in [9.17, 15) is 9.59 Å². The number of nitrogens with zero attached hydrogens (tertiary/aromatic N) is 6. The summed E-state index contributed by atoms with van der Waals surface area (Å²) in [4.78, 5) is 32.4. The van der Waals surface area contributed by atoms with Crippen LogP contribution in [0.25, 0.3) is 0 Å². The molecule has 0 aliphatic heterocycles. The second-order valence-corrected chi connectivity index (χ2v) is 10.2. The van der Waals surface area contributed by atoms with Gasteiger partial charge in [0.15, 0.2) is 21.7 Å². The smallest absolute Gasteiger partial charge is 0.361 e. The van der Waals surface area contributed by atoms with Crippen molar-refractivity contribution in [2.24, 2.45) is 5.73 Å². The lowest BCUT2D eigenvalue weighted by Crippen LogP contribution is -2.16. The number of nitrogens with one attached hydrogen (secondary N) is 2. The molecule has 0 bridgehead atoms. The number of rotatable bonds is 13. The number of carbonyl (C=O) groups excluding carboxylic acids is 2. The first-order chi connectivity index (χ1) is 22.1. The molecule has 4 N–H and O–H groups in total. The number of aromatic nitrogens is 6. The molecular weight excluding hydrogens is 637 g/mol. The third-order valence-corrected chi connectivity index (χ3v) is 6.40. The van der Waals surface area contributed by atoms with E-state index in [-0.39, 0.29) is 28.3 Å². The summed E-state index contributed by atoms with van der Waals surface area (Å²) in [6.45, 7) is 6.08. The minimum absolute atomic E-state index is 0.000871. The Bertz CT molecular complexity index is 1660. The zero-order chi connectivity index (χ0) is 33.6. The summed E-state index contributed by atoms with van der Waals surface area (Å²) >= 11 is 11.7. The standard InChI is InChI=1S/C16H19ClN4O3.C14H16ClN5O2/c1-4-6-10-12(23-3)7-8-14(18-10)19-11-9-13(17)20-21-15(11)16(22)24-5-2;1-3-4-8-10(22-2)5-6-12(17-8)18-9-7-11(15)19-20-13(9)14(16)21/h7-9H,4-6H2,1-3H3,(H,18,19,20);5-7H,3-4H2,1-2H3,(H2,16,21)(H,17,18,19). The van der Waals surface area contributed by atoms with Crippen LogP contribution in [-0.2, 0) is 17.6 Å². The quantitative estimate of drug-likeness (QED) is 0.146. The number of anilines is 4. The van der Waals surface area contributed by atoms with E-state index in [0.29, 0.717) is 28.8 Å². The van der Waals surface area contributed by atoms with E-state index in [1.165, 1.54) is 12.1 Å². The number of esters is 1. The molecule has 1 amide bonds. The predicted molar refractivity (Wildman–Crippen MR) is 175 cm³/mol. The lowest BCUT2D eigenvalue weighted by molar-refractivity contribution is 0.0519. The molecule has 0 aromatic carbocycles. The van der Waals surface area contributed by atoms with Crippen LogP contribution in [0.3, 0.4) is 0 Å². The number of amides is 1. The first-order valence-corrected chi connectivity index (χ1v) is 15.0. The van der Waals surface area contributed by atoms with Crippen LogP contribution < -0.4 is 25.8 Å². The van der Waals surface area contributed by atoms with Gasteiger partial charge in [-0.2, -0.15) is 0 Å². The summed E-state index contributed by atoms with van der Waals surface area (Å²) in [5, 5.41) is 21.2. The van der Waals surface area contributed by atoms with Crippen LogP contribution in [0.1, 0.15) is 66.0 Å². The van der Waals surface area contributed by atoms with Gasteiger partial charge < -0.3 is 30.6 Å². The van der Waals surface area contributed by atoms with Gasteiger partial charge in [0, 0.05) is 12.1 Å². The third-order valence-electron chi connectivity index (χ3n) is 6.03. The van der Waals surface area contributed by atoms with Gasteiger partial charge in [0.25, 0.3) is 5.91 Å². The molecule has 14 nitrogen and oxygen atoms in total. The fourth-order valence-electron chi connectivity index (χ4n) is 4.05. The molecule has 0 radical (unpaired) electrons. The van der Waals surface area contributed by atoms with Crippen molar-refractivity contribution >= 4 is 58.1 Å². The average Bonchev–Trinajstić information content (AvgIpc) is 3.02. The van der Waals surface area contributed by atoms with E-state index in [0.717, 1.165) is 42.8 Å². The molecule has 244 valence electrons. The SMILES string of the molecule is CCCc1nc(Nc2cc(Cl)nnc2C(=O)OCC)ccc1OC.CCCc1nc(Nc2cc(Cl)nnc2C(N)=O)ccc1OC. The molecule has 16 heteroatoms.